The number of piperidine rings is 1. The van der Waals surface area contributed by atoms with E-state index in [4.69, 9.17) is 14.7 Å². The Morgan fingerprint density at radius 2 is 1.12 bits per heavy atom. The lowest BCUT2D eigenvalue weighted by atomic mass is 9.89. The molecule has 10 rings (SSSR count). The molecule has 2 aromatic heterocycles. The highest BCUT2D eigenvalue weighted by Gasteiger charge is 2.42. The van der Waals surface area contributed by atoms with Crippen LogP contribution >= 0.6 is 0 Å². The first kappa shape index (κ1) is 54.1. The molecule has 0 spiro atoms. The van der Waals surface area contributed by atoms with Gasteiger partial charge in [-0.3, -0.25) is 9.59 Å². The summed E-state index contributed by atoms with van der Waals surface area (Å²) >= 11 is 0. The van der Waals surface area contributed by atoms with Gasteiger partial charge in [0.2, 0.25) is 11.8 Å². The Morgan fingerprint density at radius 1 is 0.628 bits per heavy atom. The minimum Gasteiger partial charge on any atom is -0.465 e. The van der Waals surface area contributed by atoms with Crippen molar-refractivity contribution in [2.24, 2.45) is 11.8 Å². The largest absolute Gasteiger partial charge is 0.465 e. The topological polar surface area (TPSA) is 192 Å². The summed E-state index contributed by atoms with van der Waals surface area (Å²) in [7, 11) is 1.29. The fraction of sp³-hybridized carbons (Fsp3) is 0.500. The van der Waals surface area contributed by atoms with E-state index in [0.717, 1.165) is 47.8 Å². The van der Waals surface area contributed by atoms with Gasteiger partial charge in [0.25, 0.3) is 0 Å². The molecule has 2 unspecified atom stereocenters. The van der Waals surface area contributed by atoms with Gasteiger partial charge in [-0.05, 0) is 122 Å². The van der Waals surface area contributed by atoms with Crippen LogP contribution in [-0.2, 0) is 14.3 Å². The molecule has 78 heavy (non-hydrogen) atoms. The summed E-state index contributed by atoms with van der Waals surface area (Å²) in [6.07, 6.45) is 6.61. The summed E-state index contributed by atoms with van der Waals surface area (Å²) in [6, 6.07) is 22.4. The van der Waals surface area contributed by atoms with E-state index in [1.54, 1.807) is 4.90 Å². The molecule has 6 heterocycles. The van der Waals surface area contributed by atoms with Crippen molar-refractivity contribution in [2.75, 3.05) is 43.1 Å². The maximum Gasteiger partial charge on any atom is 0.407 e. The van der Waals surface area contributed by atoms with E-state index >= 15 is 8.78 Å². The van der Waals surface area contributed by atoms with Gasteiger partial charge in [0.1, 0.15) is 29.4 Å². The zero-order valence-corrected chi connectivity index (χ0v) is 45.4. The molecule has 414 valence electrons. The number of anilines is 2. The highest BCUT2D eigenvalue weighted by Crippen LogP contribution is 2.49. The third-order valence-corrected chi connectivity index (χ3v) is 17.6. The normalized spacial score (nSPS) is 20.8. The van der Waals surface area contributed by atoms with Crippen LogP contribution in [-0.4, -0.2) is 104 Å². The highest BCUT2D eigenvalue weighted by atomic mass is 19.1. The van der Waals surface area contributed by atoms with Crippen molar-refractivity contribution in [1.82, 2.24) is 40.4 Å². The SMILES string of the molecule is CCC(CC)C(NC(=O)O)C(=O)N1CCC[C@H]1c1nc2cc([C@@H]3CC[C@@H](c4ccc5[nH]c([C@@H]6CCCN6C(=O)C(NC(=O)OC)C(CC)CC)nc5c4)N3c3cc(F)c(N4CCC(c5ccccc5)CC4)c(F)c3)ccc2[nH]1. The van der Waals surface area contributed by atoms with Crippen molar-refractivity contribution in [2.45, 2.75) is 147 Å². The van der Waals surface area contributed by atoms with E-state index in [9.17, 15) is 24.3 Å². The van der Waals surface area contributed by atoms with Crippen LogP contribution in [0, 0.1) is 23.5 Å². The molecule has 4 aromatic carbocycles. The molecule has 4 amide bonds. The van der Waals surface area contributed by atoms with Crippen LogP contribution in [0.3, 0.4) is 0 Å². The fourth-order valence-corrected chi connectivity index (χ4v) is 13.4. The Hall–Kier alpha value is -7.24. The Kier molecular flexibility index (Phi) is 16.2. The van der Waals surface area contributed by atoms with Gasteiger partial charge in [-0.15, -0.1) is 0 Å². The Balaban J connectivity index is 0.967. The second-order valence-electron chi connectivity index (χ2n) is 21.8. The average Bonchev–Trinajstić information content (AvgIpc) is 4.49. The second-order valence-corrected chi connectivity index (χ2v) is 21.8. The minimum absolute atomic E-state index is 0.00958. The first-order chi connectivity index (χ1) is 37.8. The van der Waals surface area contributed by atoms with Crippen molar-refractivity contribution in [3.63, 3.8) is 0 Å². The van der Waals surface area contributed by atoms with E-state index in [0.29, 0.717) is 112 Å². The van der Waals surface area contributed by atoms with Crippen molar-refractivity contribution in [3.8, 4) is 0 Å². The summed E-state index contributed by atoms with van der Waals surface area (Å²) in [5.74, 6) is -0.274. The van der Waals surface area contributed by atoms with E-state index in [2.05, 4.69) is 37.6 Å². The van der Waals surface area contributed by atoms with Gasteiger partial charge in [0, 0.05) is 31.9 Å². The number of nitrogens with one attached hydrogen (secondary N) is 4. The molecule has 6 atom stereocenters. The number of benzene rings is 4. The number of amides is 4. The van der Waals surface area contributed by atoms with Gasteiger partial charge in [-0.1, -0.05) is 95.8 Å². The highest BCUT2D eigenvalue weighted by molar-refractivity contribution is 5.88. The molecular weight excluding hydrogens is 995 g/mol. The number of H-pyrrole nitrogens is 2. The number of carbonyl (C=O) groups excluding carboxylic acids is 3. The van der Waals surface area contributed by atoms with Crippen LogP contribution < -0.4 is 20.4 Å². The lowest BCUT2D eigenvalue weighted by molar-refractivity contribution is -0.136. The van der Waals surface area contributed by atoms with Crippen molar-refractivity contribution in [1.29, 1.82) is 0 Å². The van der Waals surface area contributed by atoms with Crippen molar-refractivity contribution >= 4 is 57.4 Å². The van der Waals surface area contributed by atoms with E-state index in [1.165, 1.54) is 24.8 Å². The number of hydrogen-bond donors (Lipinski definition) is 5. The molecule has 0 saturated carbocycles. The van der Waals surface area contributed by atoms with E-state index in [1.807, 2.05) is 92.1 Å². The Morgan fingerprint density at radius 3 is 1.58 bits per heavy atom. The van der Waals surface area contributed by atoms with Gasteiger partial charge >= 0.3 is 12.2 Å². The lowest BCUT2D eigenvalue weighted by Crippen LogP contribution is -2.52. The summed E-state index contributed by atoms with van der Waals surface area (Å²) in [5, 5.41) is 15.0. The molecule has 4 aliphatic rings. The number of fused-ring (bicyclic) bond motifs is 2. The number of carbonyl (C=O) groups is 4. The summed E-state index contributed by atoms with van der Waals surface area (Å²) in [4.78, 5) is 77.6. The van der Waals surface area contributed by atoms with Crippen molar-refractivity contribution < 1.29 is 37.8 Å². The van der Waals surface area contributed by atoms with Crippen LogP contribution in [0.1, 0.15) is 163 Å². The van der Waals surface area contributed by atoms with Crippen LogP contribution in [0.25, 0.3) is 22.1 Å². The lowest BCUT2D eigenvalue weighted by Gasteiger charge is -2.36. The van der Waals surface area contributed by atoms with Gasteiger partial charge in [0.05, 0.1) is 53.3 Å². The summed E-state index contributed by atoms with van der Waals surface area (Å²) < 4.78 is 38.7. The summed E-state index contributed by atoms with van der Waals surface area (Å²) in [6.45, 7) is 10.0. The number of aromatic amines is 2. The summed E-state index contributed by atoms with van der Waals surface area (Å²) in [5.41, 5.74) is 6.45. The number of likely N-dealkylation sites (tertiary alicyclic amines) is 2. The quantitative estimate of drug-likeness (QED) is 0.0587. The third-order valence-electron chi connectivity index (χ3n) is 17.6. The Labute approximate surface area is 454 Å². The Bertz CT molecular complexity index is 3090. The first-order valence-electron chi connectivity index (χ1n) is 28.3. The standard InChI is InChI=1S/C60H74F2N10O6/c1-6-35(7-2)52(67-59(75)76)57(73)70-27-13-17-50(70)55-63-44-21-19-39(31-46(44)65-55)48-23-24-49(72(48)41-33-42(61)54(43(62)34-41)69-29-25-38(26-30-69)37-15-11-10-12-16-37)40-20-22-45-47(32-40)66-56(64-45)51-18-14-28-71(51)58(74)53(36(8-3)9-4)68-60(77)78-5/h10-12,15-16,19-22,31-36,38,48-53,67H,6-9,13-14,17-18,23-30H2,1-5H3,(H,63,65)(H,64,66)(H,68,77)(H,75,76)/t48-,49-,50-,51-,52?,53?/m0/s1. The van der Waals surface area contributed by atoms with Gasteiger partial charge in [-0.25, -0.2) is 28.3 Å². The second kappa shape index (κ2) is 23.4. The molecule has 4 saturated heterocycles. The molecule has 18 heteroatoms. The zero-order valence-electron chi connectivity index (χ0n) is 45.4. The molecule has 0 aliphatic carbocycles. The predicted octanol–water partition coefficient (Wildman–Crippen LogP) is 11.7. The van der Waals surface area contributed by atoms with Crippen LogP contribution in [0.5, 0.6) is 0 Å². The maximum atomic E-state index is 16.9. The molecule has 4 aliphatic heterocycles. The number of alkyl carbamates (subject to hydrolysis) is 1. The minimum atomic E-state index is -1.23. The zero-order chi connectivity index (χ0) is 54.8. The van der Waals surface area contributed by atoms with Gasteiger partial charge in [-0.2, -0.15) is 0 Å². The van der Waals surface area contributed by atoms with Crippen LogP contribution in [0.15, 0.2) is 78.9 Å². The first-order valence-corrected chi connectivity index (χ1v) is 28.3. The maximum absolute atomic E-state index is 16.9. The van der Waals surface area contributed by atoms with Crippen molar-refractivity contribution in [3.05, 3.63) is 119 Å². The number of methoxy groups -OCH3 is 1. The average molecular weight is 1070 g/mol. The molecule has 0 radical (unpaired) electrons. The molecular formula is C60H74F2N10O6. The van der Waals surface area contributed by atoms with Gasteiger partial charge < -0.3 is 50.0 Å². The third kappa shape index (κ3) is 10.7. The predicted molar refractivity (Wildman–Crippen MR) is 296 cm³/mol. The van der Waals surface area contributed by atoms with Gasteiger partial charge in [0.15, 0.2) is 11.6 Å². The monoisotopic (exact) mass is 1070 g/mol. The number of carboxylic acid groups (broad SMARTS) is 1. The number of hydrogen-bond acceptors (Lipinski definition) is 9. The van der Waals surface area contributed by atoms with E-state index < -0.39 is 35.9 Å². The number of nitrogens with zero attached hydrogens (tertiary/aromatic N) is 6. The van der Waals surface area contributed by atoms with E-state index in [-0.39, 0.29) is 53.5 Å². The molecule has 5 N–H and O–H groups in total. The molecule has 16 nitrogen and oxygen atoms in total. The smallest absolute Gasteiger partial charge is 0.407 e. The van der Waals surface area contributed by atoms with Crippen LogP contribution in [0.4, 0.5) is 29.7 Å². The fourth-order valence-electron chi connectivity index (χ4n) is 13.4. The van der Waals surface area contributed by atoms with Crippen LogP contribution in [0.2, 0.25) is 0 Å². The number of rotatable bonds is 17. The number of imidazole rings is 2. The number of ether oxygens (including phenoxy) is 1. The number of halogens is 2. The molecule has 6 aromatic rings. The number of aromatic nitrogens is 4. The molecule has 4 fully saturated rings. The molecule has 0 bridgehead atoms.